The molecule has 105 valence electrons. The molecule has 1 aromatic carbocycles. The van der Waals surface area contributed by atoms with Gasteiger partial charge >= 0.3 is 0 Å². The summed E-state index contributed by atoms with van der Waals surface area (Å²) in [5, 5.41) is 4.38. The van der Waals surface area contributed by atoms with Gasteiger partial charge in [-0.05, 0) is 36.6 Å². The molecule has 1 saturated heterocycles. The van der Waals surface area contributed by atoms with Crippen LogP contribution in [0.1, 0.15) is 12.0 Å². The van der Waals surface area contributed by atoms with Gasteiger partial charge in [0.05, 0.1) is 10.1 Å². The number of halogens is 3. The number of benzene rings is 1. The molecule has 1 aliphatic carbocycles. The summed E-state index contributed by atoms with van der Waals surface area (Å²) in [6.07, 6.45) is 4.98. The van der Waals surface area contributed by atoms with Gasteiger partial charge in [0, 0.05) is 23.1 Å². The Kier molecular flexibility index (Phi) is 4.41. The molecule has 0 spiro atoms. The molecule has 0 amide bonds. The average molecular weight is 374 g/mol. The van der Waals surface area contributed by atoms with Crippen LogP contribution >= 0.6 is 39.1 Å². The Balaban J connectivity index is 1.99. The van der Waals surface area contributed by atoms with E-state index in [0.717, 1.165) is 40.9 Å². The minimum absolute atomic E-state index is 0.219. The standard InChI is InChI=1S/C15H13BrCl2NO/c16-9-4-5-11(12-2-1-3-13(17)15(12)18)14(6-9)20-10-7-19-8-10/h2-6,10,19H,1,7-8H2. The third-order valence-electron chi connectivity index (χ3n) is 3.34. The second kappa shape index (κ2) is 6.10. The lowest BCUT2D eigenvalue weighted by molar-refractivity contribution is 0.142. The summed E-state index contributed by atoms with van der Waals surface area (Å²) >= 11 is 15.9. The largest absolute Gasteiger partial charge is 0.487 e. The summed E-state index contributed by atoms with van der Waals surface area (Å²) in [4.78, 5) is 0. The number of ether oxygens (including phenoxy) is 1. The van der Waals surface area contributed by atoms with E-state index in [4.69, 9.17) is 27.9 Å². The molecule has 1 fully saturated rings. The molecule has 1 heterocycles. The second-order valence-corrected chi connectivity index (χ2v) is 6.46. The molecule has 3 rings (SSSR count). The first-order valence-electron chi connectivity index (χ1n) is 6.41. The number of hydrogen-bond acceptors (Lipinski definition) is 2. The predicted octanol–water partition coefficient (Wildman–Crippen LogP) is 4.48. The first kappa shape index (κ1) is 14.5. The fourth-order valence-electron chi connectivity index (χ4n) is 2.16. The van der Waals surface area contributed by atoms with Crippen LogP contribution in [0.2, 0.25) is 0 Å². The molecule has 2 aliphatic rings. The summed E-state index contributed by atoms with van der Waals surface area (Å²) in [5.41, 5.74) is 1.92. The van der Waals surface area contributed by atoms with Crippen molar-refractivity contribution in [2.45, 2.75) is 12.5 Å². The summed E-state index contributed by atoms with van der Waals surface area (Å²) < 4.78 is 7.02. The van der Waals surface area contributed by atoms with Crippen LogP contribution in [0.4, 0.5) is 0 Å². The Hall–Kier alpha value is -0.480. The Morgan fingerprint density at radius 1 is 1.25 bits per heavy atom. The number of rotatable bonds is 3. The third kappa shape index (κ3) is 2.91. The fraction of sp³-hybridized carbons (Fsp3) is 0.267. The molecule has 1 aromatic rings. The van der Waals surface area contributed by atoms with Gasteiger partial charge < -0.3 is 10.1 Å². The van der Waals surface area contributed by atoms with Crippen LogP contribution in [0.3, 0.4) is 0 Å². The molecule has 20 heavy (non-hydrogen) atoms. The SMILES string of the molecule is ClC1=CC[CH]C(c2ccc(Br)cc2OC2CNC2)=C1Cl. The quantitative estimate of drug-likeness (QED) is 0.843. The highest BCUT2D eigenvalue weighted by molar-refractivity contribution is 9.10. The van der Waals surface area contributed by atoms with Crippen molar-refractivity contribution in [3.05, 3.63) is 50.8 Å². The highest BCUT2D eigenvalue weighted by atomic mass is 79.9. The van der Waals surface area contributed by atoms with Crippen molar-refractivity contribution in [3.8, 4) is 5.75 Å². The van der Waals surface area contributed by atoms with Crippen LogP contribution in [-0.4, -0.2) is 19.2 Å². The van der Waals surface area contributed by atoms with Gasteiger partial charge in [-0.1, -0.05) is 45.2 Å². The van der Waals surface area contributed by atoms with Crippen molar-refractivity contribution in [2.24, 2.45) is 0 Å². The van der Waals surface area contributed by atoms with E-state index < -0.39 is 0 Å². The van der Waals surface area contributed by atoms with Gasteiger partial charge in [0.2, 0.25) is 0 Å². The Bertz CT molecular complexity index is 594. The van der Waals surface area contributed by atoms with E-state index in [2.05, 4.69) is 27.7 Å². The molecule has 0 aromatic heterocycles. The summed E-state index contributed by atoms with van der Waals surface area (Å²) in [5.74, 6) is 0.835. The van der Waals surface area contributed by atoms with E-state index >= 15 is 0 Å². The lowest BCUT2D eigenvalue weighted by atomic mass is 9.96. The summed E-state index contributed by atoms with van der Waals surface area (Å²) in [6.45, 7) is 1.76. The van der Waals surface area contributed by atoms with Crippen LogP contribution in [0.5, 0.6) is 5.75 Å². The van der Waals surface area contributed by atoms with Gasteiger partial charge in [-0.2, -0.15) is 0 Å². The first-order valence-corrected chi connectivity index (χ1v) is 7.96. The maximum atomic E-state index is 6.33. The molecular weight excluding hydrogens is 361 g/mol. The van der Waals surface area contributed by atoms with Crippen LogP contribution < -0.4 is 10.1 Å². The maximum Gasteiger partial charge on any atom is 0.128 e. The molecule has 0 saturated carbocycles. The van der Waals surface area contributed by atoms with E-state index in [1.54, 1.807) is 0 Å². The monoisotopic (exact) mass is 372 g/mol. The smallest absolute Gasteiger partial charge is 0.128 e. The zero-order valence-corrected chi connectivity index (χ0v) is 13.7. The van der Waals surface area contributed by atoms with Crippen molar-refractivity contribution in [1.29, 1.82) is 0 Å². The van der Waals surface area contributed by atoms with Crippen molar-refractivity contribution in [2.75, 3.05) is 13.1 Å². The zero-order chi connectivity index (χ0) is 14.1. The molecule has 0 unspecified atom stereocenters. The lowest BCUT2D eigenvalue weighted by Crippen LogP contribution is -2.50. The Morgan fingerprint density at radius 2 is 2.05 bits per heavy atom. The Morgan fingerprint density at radius 3 is 2.75 bits per heavy atom. The van der Waals surface area contributed by atoms with Gasteiger partial charge in [-0.15, -0.1) is 0 Å². The molecule has 0 bridgehead atoms. The molecule has 1 radical (unpaired) electrons. The second-order valence-electron chi connectivity index (χ2n) is 4.76. The number of allylic oxidation sites excluding steroid dienone is 4. The molecule has 0 atom stereocenters. The van der Waals surface area contributed by atoms with Crippen molar-refractivity contribution in [3.63, 3.8) is 0 Å². The molecule has 1 N–H and O–H groups in total. The highest BCUT2D eigenvalue weighted by Crippen LogP contribution is 2.40. The van der Waals surface area contributed by atoms with Gasteiger partial charge in [0.1, 0.15) is 11.9 Å². The zero-order valence-electron chi connectivity index (χ0n) is 10.6. The third-order valence-corrected chi connectivity index (χ3v) is 4.68. The lowest BCUT2D eigenvalue weighted by Gasteiger charge is -2.29. The van der Waals surface area contributed by atoms with Crippen LogP contribution in [0, 0.1) is 6.42 Å². The van der Waals surface area contributed by atoms with Crippen LogP contribution in [0.25, 0.3) is 5.57 Å². The predicted molar refractivity (Wildman–Crippen MR) is 87.1 cm³/mol. The molecular formula is C15H13BrCl2NO. The van der Waals surface area contributed by atoms with Crippen molar-refractivity contribution in [1.82, 2.24) is 5.32 Å². The van der Waals surface area contributed by atoms with Crippen molar-refractivity contribution >= 4 is 44.7 Å². The van der Waals surface area contributed by atoms with Gasteiger partial charge in [-0.3, -0.25) is 0 Å². The number of nitrogens with one attached hydrogen (secondary N) is 1. The van der Waals surface area contributed by atoms with Crippen LogP contribution in [-0.2, 0) is 0 Å². The Labute approximate surface area is 136 Å². The summed E-state index contributed by atoms with van der Waals surface area (Å²) in [7, 11) is 0. The minimum atomic E-state index is 0.219. The van der Waals surface area contributed by atoms with E-state index in [9.17, 15) is 0 Å². The summed E-state index contributed by atoms with van der Waals surface area (Å²) in [6, 6.07) is 5.97. The van der Waals surface area contributed by atoms with E-state index in [-0.39, 0.29) is 6.10 Å². The van der Waals surface area contributed by atoms with E-state index in [0.29, 0.717) is 10.1 Å². The van der Waals surface area contributed by atoms with Crippen molar-refractivity contribution < 1.29 is 4.74 Å². The molecule has 1 aliphatic heterocycles. The maximum absolute atomic E-state index is 6.33. The van der Waals surface area contributed by atoms with Crippen LogP contribution in [0.15, 0.2) is 38.8 Å². The minimum Gasteiger partial charge on any atom is -0.487 e. The molecule has 2 nitrogen and oxygen atoms in total. The topological polar surface area (TPSA) is 21.3 Å². The molecule has 5 heteroatoms. The van der Waals surface area contributed by atoms with Gasteiger partial charge in [0.15, 0.2) is 0 Å². The highest BCUT2D eigenvalue weighted by Gasteiger charge is 2.23. The first-order chi connectivity index (χ1) is 9.65. The normalized spacial score (nSPS) is 19.6. The fourth-order valence-corrected chi connectivity index (χ4v) is 2.94. The van der Waals surface area contributed by atoms with E-state index in [1.807, 2.05) is 24.3 Å². The average Bonchev–Trinajstić information content (AvgIpc) is 2.38. The number of hydrogen-bond donors (Lipinski definition) is 1. The van der Waals surface area contributed by atoms with E-state index in [1.165, 1.54) is 0 Å². The van der Waals surface area contributed by atoms with Gasteiger partial charge in [-0.25, -0.2) is 0 Å². The van der Waals surface area contributed by atoms with Gasteiger partial charge in [0.25, 0.3) is 0 Å².